The molecule has 2 aliphatic heterocycles. The summed E-state index contributed by atoms with van der Waals surface area (Å²) >= 11 is 25.1. The molecule has 8 rings (SSSR count). The summed E-state index contributed by atoms with van der Waals surface area (Å²) < 4.78 is 8.17. The highest BCUT2D eigenvalue weighted by Crippen LogP contribution is 2.35. The van der Waals surface area contributed by atoms with E-state index in [2.05, 4.69) is 21.0 Å². The van der Waals surface area contributed by atoms with Crippen molar-refractivity contribution in [2.75, 3.05) is 32.8 Å². The van der Waals surface area contributed by atoms with Crippen LogP contribution in [0.4, 0.5) is 0 Å². The first-order chi connectivity index (χ1) is 31.4. The molecule has 14 nitrogen and oxygen atoms in total. The summed E-state index contributed by atoms with van der Waals surface area (Å²) in [5, 5.41) is 24.0. The monoisotopic (exact) mass is 958 g/mol. The van der Waals surface area contributed by atoms with Gasteiger partial charge < -0.3 is 9.84 Å². The van der Waals surface area contributed by atoms with Gasteiger partial charge in [0.25, 0.3) is 18.3 Å². The van der Waals surface area contributed by atoms with Crippen LogP contribution in [-0.4, -0.2) is 91.5 Å². The zero-order valence-corrected chi connectivity index (χ0v) is 38.6. The van der Waals surface area contributed by atoms with Gasteiger partial charge in [0.15, 0.2) is 17.2 Å². The number of aromatic nitrogens is 4. The molecule has 2 saturated heterocycles. The number of carbonyl (C=O) groups is 4. The molecule has 0 saturated carbocycles. The first-order valence-corrected chi connectivity index (χ1v) is 22.5. The summed E-state index contributed by atoms with van der Waals surface area (Å²) in [6.07, 6.45) is 6.51. The largest absolute Gasteiger partial charge is 0.429 e. The molecule has 2 fully saturated rings. The third kappa shape index (κ3) is 11.1. The van der Waals surface area contributed by atoms with E-state index < -0.39 is 6.61 Å². The first-order valence-electron chi connectivity index (χ1n) is 21.0. The van der Waals surface area contributed by atoms with Crippen LogP contribution in [0.1, 0.15) is 81.0 Å². The number of nitrogens with zero attached hydrogens (tertiary/aromatic N) is 6. The lowest BCUT2D eigenvalue weighted by atomic mass is 10.0. The number of benzene rings is 4. The molecule has 2 aromatic heterocycles. The van der Waals surface area contributed by atoms with Gasteiger partial charge in [0, 0.05) is 64.0 Å². The van der Waals surface area contributed by atoms with Gasteiger partial charge in [-0.2, -0.15) is 10.2 Å². The summed E-state index contributed by atoms with van der Waals surface area (Å²) in [7, 11) is 0. The molecule has 6 aromatic rings. The highest BCUT2D eigenvalue weighted by Gasteiger charge is 2.27. The van der Waals surface area contributed by atoms with Crippen LogP contribution < -0.4 is 15.6 Å². The van der Waals surface area contributed by atoms with Crippen molar-refractivity contribution in [3.05, 3.63) is 133 Å². The van der Waals surface area contributed by atoms with Crippen LogP contribution >= 0.6 is 46.4 Å². The highest BCUT2D eigenvalue weighted by molar-refractivity contribution is 6.36. The Bertz CT molecular complexity index is 2690. The molecule has 4 heterocycles. The maximum Gasteiger partial charge on any atom is 0.298 e. The van der Waals surface area contributed by atoms with Crippen molar-refractivity contribution in [3.8, 4) is 39.6 Å². The van der Waals surface area contributed by atoms with Gasteiger partial charge in [0.05, 0.1) is 32.8 Å². The van der Waals surface area contributed by atoms with Gasteiger partial charge >= 0.3 is 0 Å². The SMILES string of the molecule is Cc1c(C(=O)NN2CCCCC2)nn(-c2ccc(Cl)cc2Cl)c1-c1ccc(C(=O)CO)cc1.Cc1c(C(=O)NN2CCCCC2)nn(-c2ccc(Cl)cc2Cl)c1-c1ccc(OC=O)cc1. The van der Waals surface area contributed by atoms with Crippen LogP contribution in [0.15, 0.2) is 84.9 Å². The number of aliphatic hydroxyl groups is 1. The lowest BCUT2D eigenvalue weighted by molar-refractivity contribution is -0.120. The van der Waals surface area contributed by atoms with E-state index in [0.717, 1.165) is 69.4 Å². The molecular formula is C47H46Cl4N8O6. The molecule has 0 unspecified atom stereocenters. The van der Waals surface area contributed by atoms with Crippen molar-refractivity contribution in [2.24, 2.45) is 0 Å². The number of halogens is 4. The van der Waals surface area contributed by atoms with Crippen molar-refractivity contribution >= 4 is 70.5 Å². The topological polar surface area (TPSA) is 164 Å². The minimum Gasteiger partial charge on any atom is -0.429 e. The fraction of sp³-hybridized carbons (Fsp3) is 0.277. The third-order valence-corrected chi connectivity index (χ3v) is 12.2. The van der Waals surface area contributed by atoms with Crippen LogP contribution in [-0.2, 0) is 4.79 Å². The van der Waals surface area contributed by atoms with E-state index in [-0.39, 0.29) is 23.3 Å². The molecule has 2 aliphatic rings. The predicted octanol–water partition coefficient (Wildman–Crippen LogP) is 9.28. The smallest absolute Gasteiger partial charge is 0.298 e. The lowest BCUT2D eigenvalue weighted by Gasteiger charge is -2.26. The number of hydrogen-bond acceptors (Lipinski definition) is 10. The molecule has 4 aromatic carbocycles. The van der Waals surface area contributed by atoms with E-state index in [0.29, 0.717) is 77.5 Å². The average molecular weight is 961 g/mol. The maximum absolute atomic E-state index is 13.1. The fourth-order valence-corrected chi connectivity index (χ4v) is 8.79. The van der Waals surface area contributed by atoms with Gasteiger partial charge in [-0.25, -0.2) is 19.4 Å². The molecule has 0 bridgehead atoms. The fourth-order valence-electron chi connectivity index (χ4n) is 7.81. The molecule has 3 N–H and O–H groups in total. The average Bonchev–Trinajstić information content (AvgIpc) is 3.83. The van der Waals surface area contributed by atoms with E-state index in [9.17, 15) is 19.2 Å². The Balaban J connectivity index is 0.000000194. The molecule has 0 spiro atoms. The number of carbonyl (C=O) groups excluding carboxylic acids is 4. The number of hydrazine groups is 2. The summed E-state index contributed by atoms with van der Waals surface area (Å²) in [5.41, 5.74) is 12.4. The van der Waals surface area contributed by atoms with E-state index in [1.54, 1.807) is 94.3 Å². The van der Waals surface area contributed by atoms with Gasteiger partial charge in [-0.3, -0.25) is 30.0 Å². The number of piperidine rings is 2. The number of aliphatic hydroxyl groups excluding tert-OH is 1. The molecule has 0 atom stereocenters. The van der Waals surface area contributed by atoms with Crippen molar-refractivity contribution < 1.29 is 29.0 Å². The Morgan fingerprint density at radius 3 is 1.43 bits per heavy atom. The standard InChI is InChI=1S/C24H24Cl2N4O3.C23H22Cl2N4O3/c1-15-22(24(33)28-29-11-3-2-4-12-29)27-30(20-10-9-18(25)13-19(20)26)23(15)17-7-5-16(6-8-17)21(32)14-31;1-15-21(23(31)27-28-11-3-2-4-12-28)26-29(20-10-7-17(24)13-19(20)25)22(15)16-5-8-18(9-6-16)32-14-30/h5-10,13,31H,2-4,11-12,14H2,1H3,(H,28,33);5-10,13-14H,2-4,11-12H2,1H3,(H,27,31). The van der Waals surface area contributed by atoms with Gasteiger partial charge in [-0.05, 0) is 100 Å². The van der Waals surface area contributed by atoms with Crippen molar-refractivity contribution in [1.29, 1.82) is 0 Å². The van der Waals surface area contributed by atoms with E-state index >= 15 is 0 Å². The second-order valence-electron chi connectivity index (χ2n) is 15.5. The second-order valence-corrected chi connectivity index (χ2v) is 17.2. The molecule has 338 valence electrons. The molecule has 18 heteroatoms. The first kappa shape index (κ1) is 47.4. The molecular weight excluding hydrogens is 914 g/mol. The Hall–Kier alpha value is -5.58. The highest BCUT2D eigenvalue weighted by atomic mass is 35.5. The summed E-state index contributed by atoms with van der Waals surface area (Å²) in [6.45, 7) is 6.76. The molecule has 65 heavy (non-hydrogen) atoms. The third-order valence-electron chi connectivity index (χ3n) is 11.1. The van der Waals surface area contributed by atoms with Gasteiger partial charge in [0.1, 0.15) is 12.4 Å². The molecule has 2 amide bonds. The number of amides is 2. The van der Waals surface area contributed by atoms with E-state index in [4.69, 9.17) is 56.2 Å². The minimum absolute atomic E-state index is 0.268. The lowest BCUT2D eigenvalue weighted by Crippen LogP contribution is -2.45. The van der Waals surface area contributed by atoms with Crippen molar-refractivity contribution in [1.82, 2.24) is 40.4 Å². The molecule has 0 aliphatic carbocycles. The van der Waals surface area contributed by atoms with E-state index in [1.165, 1.54) is 6.42 Å². The van der Waals surface area contributed by atoms with Crippen LogP contribution in [0.5, 0.6) is 5.75 Å². The number of nitrogens with one attached hydrogen (secondary N) is 2. The van der Waals surface area contributed by atoms with E-state index in [1.807, 2.05) is 23.9 Å². The Morgan fingerprint density at radius 1 is 0.631 bits per heavy atom. The Morgan fingerprint density at radius 2 is 1.05 bits per heavy atom. The number of Topliss-reactive ketones (excluding diaryl/α,β-unsaturated/α-hetero) is 1. The van der Waals surface area contributed by atoms with Gasteiger partial charge in [0.2, 0.25) is 0 Å². The van der Waals surface area contributed by atoms with Crippen molar-refractivity contribution in [3.63, 3.8) is 0 Å². The quantitative estimate of drug-likeness (QED) is 0.0796. The minimum atomic E-state index is -0.558. The number of ketones is 1. The molecule has 0 radical (unpaired) electrons. The Labute approximate surface area is 395 Å². The van der Waals surface area contributed by atoms with Crippen LogP contribution in [0.3, 0.4) is 0 Å². The summed E-state index contributed by atoms with van der Waals surface area (Å²) in [4.78, 5) is 48.7. The summed E-state index contributed by atoms with van der Waals surface area (Å²) in [6, 6.07) is 24.0. The van der Waals surface area contributed by atoms with Crippen LogP contribution in [0, 0.1) is 13.8 Å². The summed E-state index contributed by atoms with van der Waals surface area (Å²) in [5.74, 6) is -0.504. The van der Waals surface area contributed by atoms with Crippen LogP contribution in [0.2, 0.25) is 20.1 Å². The Kier molecular flexibility index (Phi) is 15.8. The van der Waals surface area contributed by atoms with Gasteiger partial charge in [-0.1, -0.05) is 83.5 Å². The number of ether oxygens (including phenoxy) is 1. The number of rotatable bonds is 12. The second kappa shape index (κ2) is 21.6. The maximum atomic E-state index is 13.1. The zero-order valence-electron chi connectivity index (χ0n) is 35.6. The predicted molar refractivity (Wildman–Crippen MR) is 251 cm³/mol. The zero-order chi connectivity index (χ0) is 46.2. The van der Waals surface area contributed by atoms with Gasteiger partial charge in [-0.15, -0.1) is 0 Å². The van der Waals surface area contributed by atoms with Crippen LogP contribution in [0.25, 0.3) is 33.9 Å². The normalized spacial score (nSPS) is 14.3. The van der Waals surface area contributed by atoms with Crippen molar-refractivity contribution in [2.45, 2.75) is 52.4 Å². The number of hydrogen-bond donors (Lipinski definition) is 3.